The van der Waals surface area contributed by atoms with Crippen molar-refractivity contribution in [2.24, 2.45) is 0 Å². The lowest BCUT2D eigenvalue weighted by atomic mass is 10.2. The van der Waals surface area contributed by atoms with E-state index < -0.39 is 6.09 Å². The smallest absolute Gasteiger partial charge is 0.413 e. The molecule has 0 atom stereocenters. The number of carbonyl (C=O) groups excluding carboxylic acids is 1. The van der Waals surface area contributed by atoms with Gasteiger partial charge in [0.25, 0.3) is 0 Å². The summed E-state index contributed by atoms with van der Waals surface area (Å²) in [6, 6.07) is 9.41. The Labute approximate surface area is 144 Å². The molecule has 0 aliphatic carbocycles. The van der Waals surface area contributed by atoms with E-state index in [9.17, 15) is 4.79 Å². The first kappa shape index (κ1) is 15.0. The summed E-state index contributed by atoms with van der Waals surface area (Å²) in [6.45, 7) is 0.176. The number of ether oxygens (including phenoxy) is 1. The zero-order chi connectivity index (χ0) is 15.5. The number of nitrogens with zero attached hydrogens (tertiary/aromatic N) is 3. The number of anilines is 1. The van der Waals surface area contributed by atoms with Crippen LogP contribution in [0.2, 0.25) is 5.15 Å². The molecule has 6 nitrogen and oxygen atoms in total. The van der Waals surface area contributed by atoms with Crippen molar-refractivity contribution in [3.8, 4) is 0 Å². The Hall–Kier alpha value is -1.87. The zero-order valence-electron chi connectivity index (χ0n) is 11.2. The van der Waals surface area contributed by atoms with Crippen LogP contribution in [0.25, 0.3) is 5.65 Å². The van der Waals surface area contributed by atoms with Gasteiger partial charge in [-0.3, -0.25) is 9.72 Å². The maximum atomic E-state index is 11.9. The molecule has 0 fully saturated rings. The SMILES string of the molecule is O=C(Nc1nc(Cl)cn2c(I)cnc12)OCc1ccccc1. The molecule has 0 aliphatic rings. The molecule has 0 radical (unpaired) electrons. The van der Waals surface area contributed by atoms with Gasteiger partial charge in [-0.05, 0) is 28.2 Å². The normalized spacial score (nSPS) is 10.6. The van der Waals surface area contributed by atoms with E-state index in [-0.39, 0.29) is 17.6 Å². The number of halogens is 2. The van der Waals surface area contributed by atoms with Gasteiger partial charge in [0, 0.05) is 6.20 Å². The van der Waals surface area contributed by atoms with Crippen LogP contribution >= 0.6 is 34.2 Å². The van der Waals surface area contributed by atoms with Crippen molar-refractivity contribution in [3.05, 3.63) is 57.1 Å². The van der Waals surface area contributed by atoms with Gasteiger partial charge in [-0.15, -0.1) is 0 Å². The summed E-state index contributed by atoms with van der Waals surface area (Å²) in [5.41, 5.74) is 1.41. The third kappa shape index (κ3) is 3.30. The molecule has 112 valence electrons. The molecule has 0 saturated heterocycles. The highest BCUT2D eigenvalue weighted by atomic mass is 127. The topological polar surface area (TPSA) is 68.5 Å². The predicted octanol–water partition coefficient (Wildman–Crippen LogP) is 3.74. The third-order valence-corrected chi connectivity index (χ3v) is 3.83. The Kier molecular flexibility index (Phi) is 4.44. The Morgan fingerprint density at radius 2 is 2.14 bits per heavy atom. The fourth-order valence-electron chi connectivity index (χ4n) is 1.87. The number of carbonyl (C=O) groups is 1. The minimum absolute atomic E-state index is 0.176. The molecular weight excluding hydrogens is 419 g/mol. The van der Waals surface area contributed by atoms with Gasteiger partial charge in [-0.25, -0.2) is 14.8 Å². The Bertz CT molecular complexity index is 822. The highest BCUT2D eigenvalue weighted by Gasteiger charge is 2.13. The maximum absolute atomic E-state index is 11.9. The maximum Gasteiger partial charge on any atom is 0.413 e. The largest absolute Gasteiger partial charge is 0.444 e. The van der Waals surface area contributed by atoms with Crippen LogP contribution in [0.1, 0.15) is 5.56 Å². The van der Waals surface area contributed by atoms with Crippen molar-refractivity contribution in [1.29, 1.82) is 0 Å². The van der Waals surface area contributed by atoms with Gasteiger partial charge in [0.15, 0.2) is 11.5 Å². The number of benzene rings is 1. The van der Waals surface area contributed by atoms with E-state index in [1.54, 1.807) is 16.8 Å². The number of rotatable bonds is 3. The van der Waals surface area contributed by atoms with Gasteiger partial charge >= 0.3 is 6.09 Å². The molecule has 0 saturated carbocycles. The molecule has 0 unspecified atom stereocenters. The van der Waals surface area contributed by atoms with Crippen LogP contribution in [0.15, 0.2) is 42.7 Å². The summed E-state index contributed by atoms with van der Waals surface area (Å²) < 4.78 is 7.75. The van der Waals surface area contributed by atoms with Gasteiger partial charge in [0.2, 0.25) is 0 Å². The number of fused-ring (bicyclic) bond motifs is 1. The van der Waals surface area contributed by atoms with E-state index in [0.29, 0.717) is 5.65 Å². The first-order chi connectivity index (χ1) is 10.6. The summed E-state index contributed by atoms with van der Waals surface area (Å²) in [5, 5.41) is 2.82. The third-order valence-electron chi connectivity index (χ3n) is 2.85. The van der Waals surface area contributed by atoms with Crippen LogP contribution < -0.4 is 5.32 Å². The van der Waals surface area contributed by atoms with Crippen molar-refractivity contribution in [2.75, 3.05) is 5.32 Å². The monoisotopic (exact) mass is 428 g/mol. The summed E-state index contributed by atoms with van der Waals surface area (Å²) in [5.74, 6) is 0.258. The summed E-state index contributed by atoms with van der Waals surface area (Å²) in [7, 11) is 0. The lowest BCUT2D eigenvalue weighted by Gasteiger charge is -2.08. The van der Waals surface area contributed by atoms with Crippen molar-refractivity contribution >= 4 is 51.8 Å². The second kappa shape index (κ2) is 6.49. The lowest BCUT2D eigenvalue weighted by Crippen LogP contribution is -2.15. The molecular formula is C14H10ClIN4O2. The average molecular weight is 429 g/mol. The molecule has 3 aromatic rings. The van der Waals surface area contributed by atoms with E-state index in [2.05, 4.69) is 37.9 Å². The van der Waals surface area contributed by atoms with Crippen molar-refractivity contribution in [2.45, 2.75) is 6.61 Å². The van der Waals surface area contributed by atoms with Crippen molar-refractivity contribution < 1.29 is 9.53 Å². The Balaban J connectivity index is 1.74. The summed E-state index contributed by atoms with van der Waals surface area (Å²) in [6.07, 6.45) is 2.68. The van der Waals surface area contributed by atoms with Crippen LogP contribution in [-0.4, -0.2) is 20.5 Å². The molecule has 2 aromatic heterocycles. The second-order valence-electron chi connectivity index (χ2n) is 4.37. The van der Waals surface area contributed by atoms with Gasteiger partial charge < -0.3 is 4.74 Å². The predicted molar refractivity (Wildman–Crippen MR) is 91.0 cm³/mol. The number of amides is 1. The number of aromatic nitrogens is 3. The Morgan fingerprint density at radius 3 is 2.91 bits per heavy atom. The van der Waals surface area contributed by atoms with E-state index in [1.807, 2.05) is 30.3 Å². The van der Waals surface area contributed by atoms with Crippen LogP contribution in [0.3, 0.4) is 0 Å². The van der Waals surface area contributed by atoms with Gasteiger partial charge in [-0.2, -0.15) is 0 Å². The first-order valence-corrected chi connectivity index (χ1v) is 7.76. The molecule has 22 heavy (non-hydrogen) atoms. The molecule has 1 amide bonds. The van der Waals surface area contributed by atoms with Crippen LogP contribution in [0.4, 0.5) is 10.6 Å². The summed E-state index contributed by atoms with van der Waals surface area (Å²) >= 11 is 8.07. The second-order valence-corrected chi connectivity index (χ2v) is 5.87. The van der Waals surface area contributed by atoms with E-state index in [1.165, 1.54) is 0 Å². The van der Waals surface area contributed by atoms with Crippen molar-refractivity contribution in [1.82, 2.24) is 14.4 Å². The molecule has 3 rings (SSSR count). The molecule has 1 aromatic carbocycles. The molecule has 0 bridgehead atoms. The highest BCUT2D eigenvalue weighted by molar-refractivity contribution is 14.1. The Morgan fingerprint density at radius 1 is 1.36 bits per heavy atom. The standard InChI is InChI=1S/C14H10ClIN4O2/c15-10-7-20-11(16)6-17-13(20)12(18-10)19-14(21)22-8-9-4-2-1-3-5-9/h1-7H,8H2,(H,18,19,21). The molecule has 0 spiro atoms. The van der Waals surface area contributed by atoms with Crippen LogP contribution in [0, 0.1) is 3.70 Å². The summed E-state index contributed by atoms with van der Waals surface area (Å²) in [4.78, 5) is 20.2. The van der Waals surface area contributed by atoms with Gasteiger partial charge in [0.05, 0.1) is 6.20 Å². The number of hydrogen-bond donors (Lipinski definition) is 1. The number of hydrogen-bond acceptors (Lipinski definition) is 4. The zero-order valence-corrected chi connectivity index (χ0v) is 14.1. The van der Waals surface area contributed by atoms with Crippen LogP contribution in [0.5, 0.6) is 0 Å². The lowest BCUT2D eigenvalue weighted by molar-refractivity contribution is 0.155. The molecule has 1 N–H and O–H groups in total. The first-order valence-electron chi connectivity index (χ1n) is 6.30. The van der Waals surface area contributed by atoms with E-state index >= 15 is 0 Å². The minimum Gasteiger partial charge on any atom is -0.444 e. The number of nitrogens with one attached hydrogen (secondary N) is 1. The van der Waals surface area contributed by atoms with Crippen molar-refractivity contribution in [3.63, 3.8) is 0 Å². The fourth-order valence-corrected chi connectivity index (χ4v) is 2.56. The molecule has 8 heteroatoms. The minimum atomic E-state index is -0.612. The fraction of sp³-hybridized carbons (Fsp3) is 0.0714. The molecule has 2 heterocycles. The van der Waals surface area contributed by atoms with Gasteiger partial charge in [0.1, 0.15) is 15.5 Å². The number of imidazole rings is 1. The van der Waals surface area contributed by atoms with E-state index in [0.717, 1.165) is 9.26 Å². The van der Waals surface area contributed by atoms with E-state index in [4.69, 9.17) is 16.3 Å². The molecule has 0 aliphatic heterocycles. The van der Waals surface area contributed by atoms with Gasteiger partial charge in [-0.1, -0.05) is 41.9 Å². The van der Waals surface area contributed by atoms with Crippen LogP contribution in [-0.2, 0) is 11.3 Å². The highest BCUT2D eigenvalue weighted by Crippen LogP contribution is 2.20. The average Bonchev–Trinajstić information content (AvgIpc) is 2.88. The quantitative estimate of drug-likeness (QED) is 0.646.